The molecule has 0 saturated carbocycles. The van der Waals surface area contributed by atoms with E-state index in [2.05, 4.69) is 33.9 Å². The summed E-state index contributed by atoms with van der Waals surface area (Å²) in [4.78, 5) is 36.0. The van der Waals surface area contributed by atoms with Crippen LogP contribution in [0.4, 0.5) is 11.5 Å². The lowest BCUT2D eigenvalue weighted by Crippen LogP contribution is -2.39. The zero-order chi connectivity index (χ0) is 27.0. The number of nitrogen functional groups attached to an aromatic ring is 1. The Balaban J connectivity index is 1.51. The standard InChI is InChI=1S/C30H32N6O2/c1-5-23-7-6-16-36(23)30(38)21-10-8-19(9-11-21)24-25-27(31)32-17-33-28(25)35(4)26(24)20-12-14-22(15-13-20)34-29(37)18(2)3/h1,8,12-15,17,21,23H,2,6-7,9-11,16H2,3-4H3,(H,34,37)(H2,31,32,33)/t21?,23-/m0/s1. The van der Waals surface area contributed by atoms with Gasteiger partial charge < -0.3 is 20.5 Å². The molecule has 2 amide bonds. The Morgan fingerprint density at radius 2 is 1.97 bits per heavy atom. The number of anilines is 2. The van der Waals surface area contributed by atoms with E-state index in [-0.39, 0.29) is 23.8 Å². The number of nitrogens with two attached hydrogens (primary N) is 1. The normalized spacial score (nSPS) is 19.2. The highest BCUT2D eigenvalue weighted by Gasteiger charge is 2.34. The van der Waals surface area contributed by atoms with Gasteiger partial charge in [0.05, 0.1) is 17.1 Å². The van der Waals surface area contributed by atoms with E-state index in [0.29, 0.717) is 23.5 Å². The first-order valence-electron chi connectivity index (χ1n) is 12.9. The van der Waals surface area contributed by atoms with E-state index in [4.69, 9.17) is 12.2 Å². The van der Waals surface area contributed by atoms with E-state index in [1.165, 1.54) is 6.33 Å². The van der Waals surface area contributed by atoms with Crippen molar-refractivity contribution in [3.05, 3.63) is 54.4 Å². The molecular weight excluding hydrogens is 476 g/mol. The molecule has 2 atom stereocenters. The van der Waals surface area contributed by atoms with Gasteiger partial charge in [-0.3, -0.25) is 9.59 Å². The molecule has 3 aromatic rings. The molecule has 3 N–H and O–H groups in total. The fraction of sp³-hybridized carbons (Fsp3) is 0.333. The predicted molar refractivity (Wildman–Crippen MR) is 151 cm³/mol. The summed E-state index contributed by atoms with van der Waals surface area (Å²) in [7, 11) is 1.97. The molecule has 38 heavy (non-hydrogen) atoms. The Bertz CT molecular complexity index is 1510. The number of amides is 2. The van der Waals surface area contributed by atoms with Crippen molar-refractivity contribution in [3.8, 4) is 23.6 Å². The molecule has 1 saturated heterocycles. The van der Waals surface area contributed by atoms with Crippen LogP contribution in [0.15, 0.2) is 48.8 Å². The van der Waals surface area contributed by atoms with Gasteiger partial charge in [0, 0.05) is 36.3 Å². The van der Waals surface area contributed by atoms with Gasteiger partial charge in [-0.15, -0.1) is 6.42 Å². The second-order valence-corrected chi connectivity index (χ2v) is 10.1. The number of terminal acetylenes is 1. The Morgan fingerprint density at radius 3 is 2.63 bits per heavy atom. The maximum absolute atomic E-state index is 13.2. The lowest BCUT2D eigenvalue weighted by atomic mass is 9.84. The van der Waals surface area contributed by atoms with Gasteiger partial charge in [0.25, 0.3) is 5.91 Å². The molecule has 2 aromatic heterocycles. The van der Waals surface area contributed by atoms with Crippen LogP contribution in [0.5, 0.6) is 0 Å². The van der Waals surface area contributed by atoms with E-state index in [0.717, 1.165) is 65.7 Å². The average molecular weight is 509 g/mol. The molecular formula is C30H32N6O2. The SMILES string of the molecule is C#C[C@H]1CCCN1C(=O)C1CC=C(c2c(-c3ccc(NC(=O)C(=C)C)cc3)n(C)c3ncnc(N)c23)CC1. The number of hydrogen-bond acceptors (Lipinski definition) is 5. The zero-order valence-corrected chi connectivity index (χ0v) is 21.8. The summed E-state index contributed by atoms with van der Waals surface area (Å²) in [5.74, 6) is 3.07. The number of rotatable bonds is 5. The largest absolute Gasteiger partial charge is 0.383 e. The minimum atomic E-state index is -0.218. The van der Waals surface area contributed by atoms with Gasteiger partial charge in [-0.1, -0.05) is 30.7 Å². The molecule has 1 aromatic carbocycles. The van der Waals surface area contributed by atoms with Crippen molar-refractivity contribution in [1.29, 1.82) is 0 Å². The summed E-state index contributed by atoms with van der Waals surface area (Å²) in [5.41, 5.74) is 12.3. The molecule has 1 fully saturated rings. The van der Waals surface area contributed by atoms with E-state index in [9.17, 15) is 9.59 Å². The number of nitrogens with zero attached hydrogens (tertiary/aromatic N) is 4. The molecule has 3 heterocycles. The molecule has 8 heteroatoms. The summed E-state index contributed by atoms with van der Waals surface area (Å²) in [6.45, 7) is 6.10. The van der Waals surface area contributed by atoms with Crippen molar-refractivity contribution in [2.45, 2.75) is 45.1 Å². The smallest absolute Gasteiger partial charge is 0.250 e. The third kappa shape index (κ3) is 4.45. The first-order valence-corrected chi connectivity index (χ1v) is 12.9. The fourth-order valence-electron chi connectivity index (χ4n) is 5.60. The van der Waals surface area contributed by atoms with Crippen LogP contribution >= 0.6 is 0 Å². The maximum atomic E-state index is 13.2. The summed E-state index contributed by atoms with van der Waals surface area (Å²) in [6, 6.07) is 7.59. The first-order chi connectivity index (χ1) is 18.3. The van der Waals surface area contributed by atoms with E-state index in [1.54, 1.807) is 6.92 Å². The second-order valence-electron chi connectivity index (χ2n) is 10.1. The van der Waals surface area contributed by atoms with Crippen molar-refractivity contribution in [1.82, 2.24) is 19.4 Å². The van der Waals surface area contributed by atoms with Crippen molar-refractivity contribution in [2.75, 3.05) is 17.6 Å². The van der Waals surface area contributed by atoms with Crippen LogP contribution < -0.4 is 11.1 Å². The highest BCUT2D eigenvalue weighted by molar-refractivity contribution is 6.05. The van der Waals surface area contributed by atoms with Crippen LogP contribution in [0.2, 0.25) is 0 Å². The van der Waals surface area contributed by atoms with Gasteiger partial charge in [0.15, 0.2) is 0 Å². The number of hydrogen-bond donors (Lipinski definition) is 2. The van der Waals surface area contributed by atoms with E-state index in [1.807, 2.05) is 40.8 Å². The van der Waals surface area contributed by atoms with Crippen LogP contribution in [0.1, 0.15) is 44.6 Å². The Labute approximate surface area is 222 Å². The van der Waals surface area contributed by atoms with Crippen molar-refractivity contribution in [3.63, 3.8) is 0 Å². The van der Waals surface area contributed by atoms with E-state index >= 15 is 0 Å². The third-order valence-electron chi connectivity index (χ3n) is 7.61. The molecule has 1 unspecified atom stereocenters. The molecule has 1 aliphatic heterocycles. The maximum Gasteiger partial charge on any atom is 0.250 e. The lowest BCUT2D eigenvalue weighted by Gasteiger charge is -2.28. The van der Waals surface area contributed by atoms with Crippen LogP contribution in [0.25, 0.3) is 27.9 Å². The summed E-state index contributed by atoms with van der Waals surface area (Å²) < 4.78 is 2.03. The number of likely N-dealkylation sites (tertiary alicyclic amines) is 1. The number of fused-ring (bicyclic) bond motifs is 1. The Kier molecular flexibility index (Phi) is 6.77. The molecule has 194 valence electrons. The highest BCUT2D eigenvalue weighted by Crippen LogP contribution is 2.43. The number of benzene rings is 1. The summed E-state index contributed by atoms with van der Waals surface area (Å²) in [6.07, 6.45) is 13.3. The molecule has 1 aliphatic carbocycles. The molecule has 2 aliphatic rings. The first kappa shape index (κ1) is 25.3. The van der Waals surface area contributed by atoms with Gasteiger partial charge >= 0.3 is 0 Å². The van der Waals surface area contributed by atoms with Crippen LogP contribution in [-0.2, 0) is 16.6 Å². The summed E-state index contributed by atoms with van der Waals surface area (Å²) in [5, 5.41) is 3.66. The minimum Gasteiger partial charge on any atom is -0.383 e. The van der Waals surface area contributed by atoms with E-state index < -0.39 is 0 Å². The van der Waals surface area contributed by atoms with Crippen molar-refractivity contribution < 1.29 is 9.59 Å². The number of carbonyl (C=O) groups is 2. The highest BCUT2D eigenvalue weighted by atomic mass is 16.2. The number of nitrogens with one attached hydrogen (secondary N) is 1. The number of aromatic nitrogens is 3. The summed E-state index contributed by atoms with van der Waals surface area (Å²) >= 11 is 0. The average Bonchev–Trinajstić information content (AvgIpc) is 3.52. The van der Waals surface area contributed by atoms with Gasteiger partial charge in [0.2, 0.25) is 5.91 Å². The quantitative estimate of drug-likeness (QED) is 0.389. The molecule has 0 bridgehead atoms. The van der Waals surface area contributed by atoms with Gasteiger partial charge in [-0.25, -0.2) is 9.97 Å². The minimum absolute atomic E-state index is 0.0732. The topological polar surface area (TPSA) is 106 Å². The predicted octanol–water partition coefficient (Wildman–Crippen LogP) is 4.54. The van der Waals surface area contributed by atoms with Crippen molar-refractivity contribution >= 4 is 39.9 Å². The fourth-order valence-corrected chi connectivity index (χ4v) is 5.60. The molecule has 5 rings (SSSR count). The second kappa shape index (κ2) is 10.2. The van der Waals surface area contributed by atoms with Crippen LogP contribution in [0, 0.1) is 18.3 Å². The zero-order valence-electron chi connectivity index (χ0n) is 21.8. The van der Waals surface area contributed by atoms with Gasteiger partial charge in [-0.2, -0.15) is 0 Å². The van der Waals surface area contributed by atoms with Crippen LogP contribution in [-0.4, -0.2) is 43.8 Å². The number of allylic oxidation sites excluding steroid dienone is 2. The molecule has 0 radical (unpaired) electrons. The third-order valence-corrected chi connectivity index (χ3v) is 7.61. The number of carbonyl (C=O) groups excluding carboxylic acids is 2. The Hall–Kier alpha value is -4.38. The lowest BCUT2D eigenvalue weighted by molar-refractivity contribution is -0.135. The monoisotopic (exact) mass is 508 g/mol. The molecule has 8 nitrogen and oxygen atoms in total. The molecule has 0 spiro atoms. The number of aryl methyl sites for hydroxylation is 1. The van der Waals surface area contributed by atoms with Gasteiger partial charge in [0.1, 0.15) is 17.8 Å². The van der Waals surface area contributed by atoms with Crippen LogP contribution in [0.3, 0.4) is 0 Å². The van der Waals surface area contributed by atoms with Gasteiger partial charge in [-0.05, 0) is 62.3 Å². The Morgan fingerprint density at radius 1 is 1.21 bits per heavy atom. The van der Waals surface area contributed by atoms with Crippen molar-refractivity contribution in [2.24, 2.45) is 13.0 Å².